The summed E-state index contributed by atoms with van der Waals surface area (Å²) < 4.78 is 2.34. The quantitative estimate of drug-likeness (QED) is 0.883. The molecule has 1 aliphatic heterocycles. The molecule has 4 nitrogen and oxygen atoms in total. The number of fused-ring (bicyclic) bond motifs is 1. The van der Waals surface area contributed by atoms with E-state index in [-0.39, 0.29) is 0 Å². The van der Waals surface area contributed by atoms with Crippen molar-refractivity contribution in [3.8, 4) is 0 Å². The van der Waals surface area contributed by atoms with Gasteiger partial charge >= 0.3 is 0 Å². The summed E-state index contributed by atoms with van der Waals surface area (Å²) in [6.45, 7) is 11.7. The lowest BCUT2D eigenvalue weighted by atomic mass is 10.0. The maximum atomic E-state index is 5.80. The summed E-state index contributed by atoms with van der Waals surface area (Å²) in [5, 5.41) is 4.84. The fraction of sp³-hybridized carbons (Fsp3) is 0.556. The van der Waals surface area contributed by atoms with Crippen LogP contribution in [0.2, 0.25) is 0 Å². The third-order valence-corrected chi connectivity index (χ3v) is 4.67. The second-order valence-corrected chi connectivity index (χ2v) is 6.46. The van der Waals surface area contributed by atoms with Crippen molar-refractivity contribution in [3.63, 3.8) is 0 Å². The number of rotatable bonds is 5. The minimum absolute atomic E-state index is 0.689. The third kappa shape index (κ3) is 3.19. The van der Waals surface area contributed by atoms with E-state index < -0.39 is 0 Å². The van der Waals surface area contributed by atoms with Crippen molar-refractivity contribution < 1.29 is 0 Å². The molecule has 1 aromatic heterocycles. The van der Waals surface area contributed by atoms with Gasteiger partial charge in [0.1, 0.15) is 0 Å². The molecule has 3 N–H and O–H groups in total. The second kappa shape index (κ2) is 6.82. The van der Waals surface area contributed by atoms with E-state index in [1.165, 1.54) is 40.7 Å². The molecule has 1 aliphatic rings. The molecular weight excluding hydrogens is 272 g/mol. The number of benzene rings is 1. The first-order valence-corrected chi connectivity index (χ1v) is 8.41. The van der Waals surface area contributed by atoms with Gasteiger partial charge in [-0.15, -0.1) is 0 Å². The van der Waals surface area contributed by atoms with Gasteiger partial charge in [0.15, 0.2) is 0 Å². The van der Waals surface area contributed by atoms with E-state index in [0.717, 1.165) is 32.6 Å². The van der Waals surface area contributed by atoms with E-state index in [4.69, 9.17) is 5.73 Å². The normalized spacial score (nSPS) is 16.5. The van der Waals surface area contributed by atoms with Crippen LogP contribution in [-0.2, 0) is 13.0 Å². The number of hydrogen-bond acceptors (Lipinski definition) is 3. The van der Waals surface area contributed by atoms with Crippen LogP contribution in [0, 0.1) is 13.8 Å². The van der Waals surface area contributed by atoms with E-state index in [1.807, 2.05) is 0 Å². The van der Waals surface area contributed by atoms with Gasteiger partial charge in [0.05, 0.1) is 5.52 Å². The van der Waals surface area contributed by atoms with Gasteiger partial charge in [0.2, 0.25) is 0 Å². The van der Waals surface area contributed by atoms with Crippen molar-refractivity contribution >= 4 is 10.9 Å². The molecule has 0 spiro atoms. The van der Waals surface area contributed by atoms with Gasteiger partial charge in [-0.3, -0.25) is 0 Å². The number of aromatic nitrogens is 1. The van der Waals surface area contributed by atoms with Crippen molar-refractivity contribution in [2.24, 2.45) is 5.73 Å². The summed E-state index contributed by atoms with van der Waals surface area (Å²) >= 11 is 0. The minimum atomic E-state index is 0.689. The standard InChI is InChI=1S/C18H28N4/c1-14-11-15(2)18-17(12-14)16(13-22(18)8-4-19)3-7-21-9-5-20-6-10-21/h11-13,20H,3-10,19H2,1-2H3. The number of nitrogens with zero attached hydrogens (tertiary/aromatic N) is 2. The van der Waals surface area contributed by atoms with Crippen molar-refractivity contribution in [2.45, 2.75) is 26.8 Å². The first-order chi connectivity index (χ1) is 10.7. The van der Waals surface area contributed by atoms with Crippen LogP contribution in [0.4, 0.5) is 0 Å². The summed E-state index contributed by atoms with van der Waals surface area (Å²) in [6, 6.07) is 4.61. The maximum absolute atomic E-state index is 5.80. The SMILES string of the molecule is Cc1cc(C)c2c(c1)c(CCN1CCNCC1)cn2CCN. The monoisotopic (exact) mass is 300 g/mol. The van der Waals surface area contributed by atoms with Gasteiger partial charge in [0, 0.05) is 57.4 Å². The number of nitrogens with one attached hydrogen (secondary N) is 1. The fourth-order valence-electron chi connectivity index (χ4n) is 3.64. The third-order valence-electron chi connectivity index (χ3n) is 4.67. The van der Waals surface area contributed by atoms with Gasteiger partial charge < -0.3 is 20.5 Å². The van der Waals surface area contributed by atoms with Crippen molar-refractivity contribution in [1.82, 2.24) is 14.8 Å². The molecule has 1 saturated heterocycles. The Kier molecular flexibility index (Phi) is 4.81. The number of aryl methyl sites for hydroxylation is 2. The van der Waals surface area contributed by atoms with Gasteiger partial charge in [-0.1, -0.05) is 11.6 Å². The van der Waals surface area contributed by atoms with Crippen LogP contribution in [0.25, 0.3) is 10.9 Å². The first-order valence-electron chi connectivity index (χ1n) is 8.41. The molecular formula is C18H28N4. The molecule has 2 heterocycles. The fourth-order valence-corrected chi connectivity index (χ4v) is 3.64. The number of piperazine rings is 1. The Bertz CT molecular complexity index is 638. The molecule has 0 unspecified atom stereocenters. The summed E-state index contributed by atoms with van der Waals surface area (Å²) in [5.74, 6) is 0. The molecule has 0 bridgehead atoms. The van der Waals surface area contributed by atoms with Crippen LogP contribution in [-0.4, -0.2) is 48.7 Å². The molecule has 0 saturated carbocycles. The molecule has 22 heavy (non-hydrogen) atoms. The molecule has 3 rings (SSSR count). The van der Waals surface area contributed by atoms with Crippen molar-refractivity contribution in [3.05, 3.63) is 35.0 Å². The second-order valence-electron chi connectivity index (χ2n) is 6.46. The average Bonchev–Trinajstić information content (AvgIpc) is 2.84. The summed E-state index contributed by atoms with van der Waals surface area (Å²) in [6.07, 6.45) is 3.45. The Morgan fingerprint density at radius 3 is 2.64 bits per heavy atom. The molecule has 0 radical (unpaired) electrons. The molecule has 1 fully saturated rings. The Hall–Kier alpha value is -1.36. The lowest BCUT2D eigenvalue weighted by Crippen LogP contribution is -2.44. The zero-order chi connectivity index (χ0) is 15.5. The van der Waals surface area contributed by atoms with Gasteiger partial charge in [-0.05, 0) is 37.5 Å². The largest absolute Gasteiger partial charge is 0.346 e. The predicted octanol–water partition coefficient (Wildman–Crippen LogP) is 1.66. The lowest BCUT2D eigenvalue weighted by molar-refractivity contribution is 0.244. The molecule has 0 aliphatic carbocycles. The van der Waals surface area contributed by atoms with Gasteiger partial charge in [-0.25, -0.2) is 0 Å². The van der Waals surface area contributed by atoms with E-state index in [9.17, 15) is 0 Å². The van der Waals surface area contributed by atoms with E-state index in [0.29, 0.717) is 6.54 Å². The Morgan fingerprint density at radius 1 is 1.14 bits per heavy atom. The maximum Gasteiger partial charge on any atom is 0.0513 e. The van der Waals surface area contributed by atoms with E-state index >= 15 is 0 Å². The highest BCUT2D eigenvalue weighted by molar-refractivity contribution is 5.87. The molecule has 4 heteroatoms. The smallest absolute Gasteiger partial charge is 0.0513 e. The van der Waals surface area contributed by atoms with Gasteiger partial charge in [-0.2, -0.15) is 0 Å². The van der Waals surface area contributed by atoms with Gasteiger partial charge in [0.25, 0.3) is 0 Å². The van der Waals surface area contributed by atoms with E-state index in [1.54, 1.807) is 0 Å². The first kappa shape index (κ1) is 15.5. The lowest BCUT2D eigenvalue weighted by Gasteiger charge is -2.26. The molecule has 1 aromatic carbocycles. The van der Waals surface area contributed by atoms with Crippen molar-refractivity contribution in [2.75, 3.05) is 39.3 Å². The topological polar surface area (TPSA) is 46.2 Å². The highest BCUT2D eigenvalue weighted by atomic mass is 15.2. The van der Waals surface area contributed by atoms with Crippen LogP contribution in [0.5, 0.6) is 0 Å². The van der Waals surface area contributed by atoms with Crippen LogP contribution in [0.15, 0.2) is 18.3 Å². The van der Waals surface area contributed by atoms with E-state index in [2.05, 4.69) is 47.0 Å². The summed E-state index contributed by atoms with van der Waals surface area (Å²) in [5.41, 5.74) is 11.3. The summed E-state index contributed by atoms with van der Waals surface area (Å²) in [7, 11) is 0. The Morgan fingerprint density at radius 2 is 1.91 bits per heavy atom. The highest BCUT2D eigenvalue weighted by Gasteiger charge is 2.14. The number of nitrogens with two attached hydrogens (primary N) is 1. The predicted molar refractivity (Wildman–Crippen MR) is 93.5 cm³/mol. The van der Waals surface area contributed by atoms with Crippen LogP contribution in [0.3, 0.4) is 0 Å². The molecule has 0 amide bonds. The summed E-state index contributed by atoms with van der Waals surface area (Å²) in [4.78, 5) is 2.56. The zero-order valence-electron chi connectivity index (χ0n) is 13.9. The Balaban J connectivity index is 1.87. The zero-order valence-corrected chi connectivity index (χ0v) is 13.9. The Labute approximate surface area is 133 Å². The molecule has 120 valence electrons. The minimum Gasteiger partial charge on any atom is -0.346 e. The molecule has 2 aromatic rings. The van der Waals surface area contributed by atoms with Crippen LogP contribution >= 0.6 is 0 Å². The number of hydrogen-bond donors (Lipinski definition) is 2. The molecule has 0 atom stereocenters. The highest BCUT2D eigenvalue weighted by Crippen LogP contribution is 2.26. The van der Waals surface area contributed by atoms with Crippen LogP contribution in [0.1, 0.15) is 16.7 Å². The van der Waals surface area contributed by atoms with Crippen LogP contribution < -0.4 is 11.1 Å². The average molecular weight is 300 g/mol. The van der Waals surface area contributed by atoms with Crippen molar-refractivity contribution in [1.29, 1.82) is 0 Å².